The van der Waals surface area contributed by atoms with E-state index in [2.05, 4.69) is 9.71 Å². The number of sulfonamides is 1. The van der Waals surface area contributed by atoms with Crippen molar-refractivity contribution in [1.82, 2.24) is 14.3 Å². The van der Waals surface area contributed by atoms with Crippen LogP contribution in [-0.2, 0) is 31.6 Å². The molecule has 0 saturated carbocycles. The Morgan fingerprint density at radius 2 is 1.77 bits per heavy atom. The van der Waals surface area contributed by atoms with E-state index < -0.39 is 33.4 Å². The molecular weight excluding hydrogens is 513 g/mol. The summed E-state index contributed by atoms with van der Waals surface area (Å²) < 4.78 is 30.1. The van der Waals surface area contributed by atoms with Gasteiger partial charge < -0.3 is 5.73 Å². The number of anilines is 2. The second-order valence-corrected chi connectivity index (χ2v) is 11.2. The smallest absolute Gasteiger partial charge is 0.260 e. The zero-order chi connectivity index (χ0) is 25.7. The van der Waals surface area contributed by atoms with Crippen molar-refractivity contribution in [3.05, 3.63) is 69.8 Å². The minimum Gasteiger partial charge on any atom is -0.368 e. The monoisotopic (exact) mass is 535 g/mol. The quantitative estimate of drug-likeness (QED) is 0.479. The van der Waals surface area contributed by atoms with Crippen LogP contribution in [0.3, 0.4) is 0 Å². The standard InChI is InChI=1S/C23H23Cl2N5O4S/c1-13-4-6-15(7-5-13)11-23(3)21(32)29(18-9-16(24)8-17(25)10-18)22-27-12-19(30(22)23)35(33,34)28-14(2)20(26)31/h4-10,12,14,28H,11H2,1-3H3,(H2,26,31). The van der Waals surface area contributed by atoms with Crippen LogP contribution >= 0.6 is 23.2 Å². The van der Waals surface area contributed by atoms with Crippen molar-refractivity contribution < 1.29 is 18.0 Å². The molecule has 1 aliphatic rings. The Balaban J connectivity index is 1.91. The molecular formula is C23H23Cl2N5O4S. The third-order valence-electron chi connectivity index (χ3n) is 5.88. The molecule has 0 aliphatic carbocycles. The predicted molar refractivity (Wildman–Crippen MR) is 133 cm³/mol. The Hall–Kier alpha value is -2.92. The Kier molecular flexibility index (Phi) is 6.43. The lowest BCUT2D eigenvalue weighted by atomic mass is 9.91. The van der Waals surface area contributed by atoms with E-state index in [0.29, 0.717) is 15.7 Å². The van der Waals surface area contributed by atoms with Crippen LogP contribution in [0.15, 0.2) is 53.7 Å². The number of imidazole rings is 1. The maximum Gasteiger partial charge on any atom is 0.260 e. The Labute approximate surface area is 212 Å². The fraction of sp³-hybridized carbons (Fsp3) is 0.261. The number of aromatic nitrogens is 2. The summed E-state index contributed by atoms with van der Waals surface area (Å²) in [5.74, 6) is -1.18. The number of halogens is 2. The van der Waals surface area contributed by atoms with Crippen LogP contribution in [-0.4, -0.2) is 35.8 Å². The molecule has 2 unspecified atom stereocenters. The summed E-state index contributed by atoms with van der Waals surface area (Å²) in [6, 6.07) is 11.0. The largest absolute Gasteiger partial charge is 0.368 e. The average molecular weight is 536 g/mol. The van der Waals surface area contributed by atoms with Crippen molar-refractivity contribution in [2.75, 3.05) is 4.90 Å². The second-order valence-electron chi connectivity index (χ2n) is 8.68. The van der Waals surface area contributed by atoms with Gasteiger partial charge >= 0.3 is 0 Å². The topological polar surface area (TPSA) is 127 Å². The first kappa shape index (κ1) is 25.2. The molecule has 2 aromatic carbocycles. The fourth-order valence-corrected chi connectivity index (χ4v) is 6.01. The van der Waals surface area contributed by atoms with Crippen molar-refractivity contribution >= 4 is 56.7 Å². The molecule has 3 aromatic rings. The molecule has 9 nitrogen and oxygen atoms in total. The second kappa shape index (κ2) is 8.94. The number of fused-ring (bicyclic) bond motifs is 1. The summed E-state index contributed by atoms with van der Waals surface area (Å²) in [5, 5.41) is 0.324. The van der Waals surface area contributed by atoms with Gasteiger partial charge in [0.1, 0.15) is 5.54 Å². The van der Waals surface area contributed by atoms with Crippen LogP contribution in [0.4, 0.5) is 11.6 Å². The molecule has 2 atom stereocenters. The third-order valence-corrected chi connectivity index (χ3v) is 7.82. The summed E-state index contributed by atoms with van der Waals surface area (Å²) in [6.45, 7) is 4.92. The van der Waals surface area contributed by atoms with Crippen LogP contribution in [0, 0.1) is 6.92 Å². The van der Waals surface area contributed by atoms with Crippen LogP contribution in [0.2, 0.25) is 10.0 Å². The first-order chi connectivity index (χ1) is 16.3. The number of nitrogens with two attached hydrogens (primary N) is 1. The molecule has 0 fully saturated rings. The molecule has 12 heteroatoms. The maximum atomic E-state index is 13.9. The number of nitrogens with zero attached hydrogens (tertiary/aromatic N) is 3. The minimum absolute atomic E-state index is 0.0787. The molecule has 1 aliphatic heterocycles. The van der Waals surface area contributed by atoms with Crippen LogP contribution in [0.5, 0.6) is 0 Å². The highest BCUT2D eigenvalue weighted by Gasteiger charge is 2.52. The van der Waals surface area contributed by atoms with Crippen LogP contribution in [0.25, 0.3) is 0 Å². The van der Waals surface area contributed by atoms with Crippen molar-refractivity contribution in [2.45, 2.75) is 43.8 Å². The third kappa shape index (κ3) is 4.54. The highest BCUT2D eigenvalue weighted by atomic mass is 35.5. The van der Waals surface area contributed by atoms with Gasteiger partial charge in [-0.15, -0.1) is 0 Å². The first-order valence-corrected chi connectivity index (χ1v) is 12.8. The van der Waals surface area contributed by atoms with Gasteiger partial charge in [0.05, 0.1) is 17.9 Å². The molecule has 35 heavy (non-hydrogen) atoms. The normalized spacial score (nSPS) is 18.5. The van der Waals surface area contributed by atoms with Gasteiger partial charge in [0.25, 0.3) is 15.9 Å². The van der Waals surface area contributed by atoms with Crippen LogP contribution < -0.4 is 15.4 Å². The number of rotatable bonds is 7. The number of benzene rings is 2. The zero-order valence-electron chi connectivity index (χ0n) is 19.1. The van der Waals surface area contributed by atoms with E-state index >= 15 is 0 Å². The predicted octanol–water partition coefficient (Wildman–Crippen LogP) is 3.29. The minimum atomic E-state index is -4.28. The molecule has 2 amide bonds. The Morgan fingerprint density at radius 1 is 1.17 bits per heavy atom. The van der Waals surface area contributed by atoms with Gasteiger partial charge in [-0.05, 0) is 44.5 Å². The Morgan fingerprint density at radius 3 is 2.34 bits per heavy atom. The molecule has 0 saturated heterocycles. The van der Waals surface area contributed by atoms with E-state index in [9.17, 15) is 18.0 Å². The van der Waals surface area contributed by atoms with E-state index in [0.717, 1.165) is 17.3 Å². The van der Waals surface area contributed by atoms with Gasteiger partial charge in [-0.2, -0.15) is 4.72 Å². The van der Waals surface area contributed by atoms with E-state index in [1.165, 1.54) is 22.5 Å². The summed E-state index contributed by atoms with van der Waals surface area (Å²) >= 11 is 12.4. The molecule has 2 heterocycles. The number of amides is 2. The highest BCUT2D eigenvalue weighted by Crippen LogP contribution is 2.44. The van der Waals surface area contributed by atoms with Gasteiger partial charge in [-0.3, -0.25) is 14.2 Å². The lowest BCUT2D eigenvalue weighted by Gasteiger charge is -2.27. The molecule has 1 aromatic heterocycles. The number of hydrogen-bond donors (Lipinski definition) is 2. The van der Waals surface area contributed by atoms with Gasteiger partial charge in [-0.25, -0.2) is 18.3 Å². The maximum absolute atomic E-state index is 13.9. The SMILES string of the molecule is Cc1ccc(CC2(C)C(=O)N(c3cc(Cl)cc(Cl)c3)c3ncc(S(=O)(=O)NC(C)C(N)=O)n32)cc1. The number of nitrogens with one attached hydrogen (secondary N) is 1. The number of hydrogen-bond acceptors (Lipinski definition) is 5. The van der Waals surface area contributed by atoms with E-state index in [1.807, 2.05) is 31.2 Å². The van der Waals surface area contributed by atoms with E-state index in [4.69, 9.17) is 28.9 Å². The molecule has 4 rings (SSSR count). The number of carbonyl (C=O) groups excluding carboxylic acids is 2. The molecule has 0 radical (unpaired) electrons. The Bertz CT molecular complexity index is 1420. The van der Waals surface area contributed by atoms with Crippen molar-refractivity contribution in [3.8, 4) is 0 Å². The summed E-state index contributed by atoms with van der Waals surface area (Å²) in [4.78, 5) is 31.0. The number of carbonyl (C=O) groups is 2. The summed E-state index contributed by atoms with van der Waals surface area (Å²) in [7, 11) is -4.28. The van der Waals surface area contributed by atoms with Crippen LogP contribution in [0.1, 0.15) is 25.0 Å². The van der Waals surface area contributed by atoms with Crippen molar-refractivity contribution in [1.29, 1.82) is 0 Å². The summed E-state index contributed by atoms with van der Waals surface area (Å²) in [6.07, 6.45) is 1.32. The van der Waals surface area contributed by atoms with Gasteiger partial charge in [0.15, 0.2) is 5.03 Å². The van der Waals surface area contributed by atoms with Gasteiger partial charge in [-0.1, -0.05) is 53.0 Å². The highest BCUT2D eigenvalue weighted by molar-refractivity contribution is 7.89. The first-order valence-electron chi connectivity index (χ1n) is 10.6. The van der Waals surface area contributed by atoms with Gasteiger partial charge in [0.2, 0.25) is 11.9 Å². The summed E-state index contributed by atoms with van der Waals surface area (Å²) in [5.41, 5.74) is 6.08. The number of aryl methyl sites for hydroxylation is 1. The molecule has 0 spiro atoms. The number of primary amides is 1. The molecule has 3 N–H and O–H groups in total. The zero-order valence-corrected chi connectivity index (χ0v) is 21.4. The average Bonchev–Trinajstić information content (AvgIpc) is 3.28. The fourth-order valence-electron chi connectivity index (χ4n) is 4.08. The van der Waals surface area contributed by atoms with E-state index in [-0.39, 0.29) is 17.4 Å². The van der Waals surface area contributed by atoms with Gasteiger partial charge in [0, 0.05) is 16.5 Å². The van der Waals surface area contributed by atoms with E-state index in [1.54, 1.807) is 19.1 Å². The molecule has 0 bridgehead atoms. The van der Waals surface area contributed by atoms with Crippen molar-refractivity contribution in [2.24, 2.45) is 5.73 Å². The lowest BCUT2D eigenvalue weighted by molar-refractivity contribution is -0.124. The molecule has 184 valence electrons. The lowest BCUT2D eigenvalue weighted by Crippen LogP contribution is -2.45. The van der Waals surface area contributed by atoms with Crippen molar-refractivity contribution in [3.63, 3.8) is 0 Å².